The highest BCUT2D eigenvalue weighted by atomic mass is 35.5. The number of hydrogen-bond donors (Lipinski definition) is 0. The van der Waals surface area contributed by atoms with Crippen molar-refractivity contribution in [1.82, 2.24) is 19.7 Å². The maximum atomic E-state index is 12.6. The van der Waals surface area contributed by atoms with Gasteiger partial charge >= 0.3 is 6.18 Å². The molecule has 0 N–H and O–H groups in total. The van der Waals surface area contributed by atoms with Crippen LogP contribution in [0.4, 0.5) is 18.9 Å². The van der Waals surface area contributed by atoms with Crippen molar-refractivity contribution in [3.63, 3.8) is 0 Å². The van der Waals surface area contributed by atoms with Crippen molar-refractivity contribution in [3.8, 4) is 5.82 Å². The summed E-state index contributed by atoms with van der Waals surface area (Å²) in [6.07, 6.45) is -2.40. The zero-order chi connectivity index (χ0) is 18.2. The van der Waals surface area contributed by atoms with Gasteiger partial charge in [0.15, 0.2) is 5.82 Å². The van der Waals surface area contributed by atoms with Crippen molar-refractivity contribution in [2.24, 2.45) is 0 Å². The van der Waals surface area contributed by atoms with Gasteiger partial charge in [0.2, 0.25) is 0 Å². The highest BCUT2D eigenvalue weighted by Gasteiger charge is 2.31. The summed E-state index contributed by atoms with van der Waals surface area (Å²) in [6.45, 7) is 3.08. The summed E-state index contributed by atoms with van der Waals surface area (Å²) in [6, 6.07) is 1.93. The predicted octanol–water partition coefficient (Wildman–Crippen LogP) is 2.05. The second-order valence-electron chi connectivity index (χ2n) is 5.75. The van der Waals surface area contributed by atoms with Crippen LogP contribution in [0.1, 0.15) is 5.56 Å². The number of rotatable bonds is 2. The lowest BCUT2D eigenvalue weighted by atomic mass is 10.3. The number of aromatic nitrogens is 3. The van der Waals surface area contributed by atoms with E-state index in [1.165, 1.54) is 6.20 Å². The Morgan fingerprint density at radius 3 is 2.36 bits per heavy atom. The van der Waals surface area contributed by atoms with E-state index in [4.69, 9.17) is 11.6 Å². The Morgan fingerprint density at radius 1 is 1.12 bits per heavy atom. The van der Waals surface area contributed by atoms with Crippen LogP contribution >= 0.6 is 11.6 Å². The minimum atomic E-state index is -4.49. The molecule has 6 nitrogen and oxygen atoms in total. The number of nitrogens with zero attached hydrogens (tertiary/aromatic N) is 5. The van der Waals surface area contributed by atoms with E-state index in [2.05, 4.69) is 15.0 Å². The molecule has 0 aliphatic carbocycles. The van der Waals surface area contributed by atoms with Gasteiger partial charge in [-0.3, -0.25) is 4.79 Å². The molecule has 0 bridgehead atoms. The summed E-state index contributed by atoms with van der Waals surface area (Å²) < 4.78 is 38.7. The largest absolute Gasteiger partial charge is 0.417 e. The average Bonchev–Trinajstić information content (AvgIpc) is 2.58. The maximum absolute atomic E-state index is 12.6. The van der Waals surface area contributed by atoms with E-state index in [1.54, 1.807) is 0 Å². The summed E-state index contributed by atoms with van der Waals surface area (Å²) in [5.74, 6) is -0.0233. The molecular weight excluding hydrogens is 359 g/mol. The SMILES string of the molecule is CN1CCN(c2cnn(-c3ccc(C(F)(F)F)cn3)c(=O)c2Cl)CC1. The predicted molar refractivity (Wildman–Crippen MR) is 87.4 cm³/mol. The third-order valence-corrected chi connectivity index (χ3v) is 4.39. The Kier molecular flexibility index (Phi) is 4.70. The van der Waals surface area contributed by atoms with Crippen LogP contribution in [0.2, 0.25) is 5.02 Å². The van der Waals surface area contributed by atoms with E-state index in [9.17, 15) is 18.0 Å². The van der Waals surface area contributed by atoms with Gasteiger partial charge in [-0.1, -0.05) is 11.6 Å². The molecular formula is C15H15ClF3N5O. The minimum absolute atomic E-state index is 0.0233. The van der Waals surface area contributed by atoms with Crippen LogP contribution in [0, 0.1) is 0 Å². The van der Waals surface area contributed by atoms with Crippen LogP contribution in [-0.4, -0.2) is 52.9 Å². The first kappa shape index (κ1) is 17.7. The van der Waals surface area contributed by atoms with Crippen LogP contribution in [0.5, 0.6) is 0 Å². The first-order valence-electron chi connectivity index (χ1n) is 7.52. The Labute approximate surface area is 146 Å². The standard InChI is InChI=1S/C15H15ClF3N5O/c1-22-4-6-23(7-5-22)11-9-21-24(14(25)13(11)16)12-3-2-10(8-20-12)15(17,18)19/h2-3,8-9H,4-7H2,1H3. The fourth-order valence-electron chi connectivity index (χ4n) is 2.53. The van der Waals surface area contributed by atoms with Gasteiger partial charge in [-0.2, -0.15) is 23.0 Å². The third-order valence-electron chi connectivity index (χ3n) is 4.04. The highest BCUT2D eigenvalue weighted by molar-refractivity contribution is 6.33. The van der Waals surface area contributed by atoms with E-state index in [-0.39, 0.29) is 10.8 Å². The molecule has 3 heterocycles. The molecule has 0 aromatic carbocycles. The zero-order valence-corrected chi connectivity index (χ0v) is 14.0. The molecule has 0 radical (unpaired) electrons. The summed E-state index contributed by atoms with van der Waals surface area (Å²) in [4.78, 5) is 20.2. The molecule has 0 unspecified atom stereocenters. The van der Waals surface area contributed by atoms with E-state index in [0.29, 0.717) is 25.0 Å². The van der Waals surface area contributed by atoms with Crippen LogP contribution in [-0.2, 0) is 6.18 Å². The second-order valence-corrected chi connectivity index (χ2v) is 6.13. The lowest BCUT2D eigenvalue weighted by molar-refractivity contribution is -0.137. The number of halogens is 4. The molecule has 0 saturated carbocycles. The maximum Gasteiger partial charge on any atom is 0.417 e. The molecule has 1 saturated heterocycles. The topological polar surface area (TPSA) is 54.3 Å². The number of anilines is 1. The van der Waals surface area contributed by atoms with Crippen LogP contribution in [0.25, 0.3) is 5.82 Å². The van der Waals surface area contributed by atoms with Crippen molar-refractivity contribution in [2.75, 3.05) is 38.1 Å². The van der Waals surface area contributed by atoms with Gasteiger partial charge < -0.3 is 9.80 Å². The molecule has 10 heteroatoms. The average molecular weight is 374 g/mol. The lowest BCUT2D eigenvalue weighted by Crippen LogP contribution is -2.45. The fourth-order valence-corrected chi connectivity index (χ4v) is 2.78. The first-order valence-corrected chi connectivity index (χ1v) is 7.90. The number of pyridine rings is 1. The van der Waals surface area contributed by atoms with Gasteiger partial charge in [-0.05, 0) is 19.2 Å². The molecule has 25 heavy (non-hydrogen) atoms. The van der Waals surface area contributed by atoms with Gasteiger partial charge in [0.05, 0.1) is 17.4 Å². The zero-order valence-electron chi connectivity index (χ0n) is 13.3. The quantitative estimate of drug-likeness (QED) is 0.806. The van der Waals surface area contributed by atoms with E-state index in [0.717, 1.165) is 29.9 Å². The Hall–Kier alpha value is -2.13. The summed E-state index contributed by atoms with van der Waals surface area (Å²) in [5.41, 5.74) is -1.00. The minimum Gasteiger partial charge on any atom is -0.366 e. The summed E-state index contributed by atoms with van der Waals surface area (Å²) >= 11 is 6.19. The Balaban J connectivity index is 1.91. The van der Waals surface area contributed by atoms with E-state index in [1.807, 2.05) is 11.9 Å². The van der Waals surface area contributed by atoms with Crippen molar-refractivity contribution < 1.29 is 13.2 Å². The van der Waals surface area contributed by atoms with Gasteiger partial charge in [-0.25, -0.2) is 4.98 Å². The van der Waals surface area contributed by atoms with Crippen molar-refractivity contribution >= 4 is 17.3 Å². The van der Waals surface area contributed by atoms with Crippen LogP contribution < -0.4 is 10.5 Å². The summed E-state index contributed by atoms with van der Waals surface area (Å²) in [7, 11) is 2.01. The normalized spacial score (nSPS) is 16.3. The van der Waals surface area contributed by atoms with Gasteiger partial charge in [-0.15, -0.1) is 0 Å². The smallest absolute Gasteiger partial charge is 0.366 e. The third kappa shape index (κ3) is 3.62. The fraction of sp³-hybridized carbons (Fsp3) is 0.400. The lowest BCUT2D eigenvalue weighted by Gasteiger charge is -2.34. The molecule has 0 atom stereocenters. The first-order chi connectivity index (χ1) is 11.8. The van der Waals surface area contributed by atoms with Crippen molar-refractivity contribution in [1.29, 1.82) is 0 Å². The van der Waals surface area contributed by atoms with Crippen LogP contribution in [0.15, 0.2) is 29.3 Å². The summed E-state index contributed by atoms with van der Waals surface area (Å²) in [5, 5.41) is 3.99. The van der Waals surface area contributed by atoms with Crippen LogP contribution in [0.3, 0.4) is 0 Å². The molecule has 0 amide bonds. The molecule has 134 valence electrons. The second kappa shape index (κ2) is 6.64. The Bertz CT molecular complexity index is 813. The van der Waals surface area contributed by atoms with Gasteiger partial charge in [0.25, 0.3) is 5.56 Å². The van der Waals surface area contributed by atoms with E-state index >= 15 is 0 Å². The molecule has 2 aromatic rings. The number of piperazine rings is 1. The number of likely N-dealkylation sites (N-methyl/N-ethyl adjacent to an activating group) is 1. The number of hydrogen-bond acceptors (Lipinski definition) is 5. The van der Waals surface area contributed by atoms with Gasteiger partial charge in [0, 0.05) is 32.4 Å². The molecule has 2 aromatic heterocycles. The molecule has 3 rings (SSSR count). The molecule has 1 aliphatic rings. The van der Waals surface area contributed by atoms with Crippen molar-refractivity contribution in [3.05, 3.63) is 45.5 Å². The number of alkyl halides is 3. The molecule has 1 aliphatic heterocycles. The van der Waals surface area contributed by atoms with Crippen molar-refractivity contribution in [2.45, 2.75) is 6.18 Å². The monoisotopic (exact) mass is 373 g/mol. The molecule has 0 spiro atoms. The molecule has 1 fully saturated rings. The van der Waals surface area contributed by atoms with E-state index < -0.39 is 17.3 Å². The van der Waals surface area contributed by atoms with Gasteiger partial charge in [0.1, 0.15) is 5.02 Å². The highest BCUT2D eigenvalue weighted by Crippen LogP contribution is 2.28. The Morgan fingerprint density at radius 2 is 1.80 bits per heavy atom.